The third-order valence-corrected chi connectivity index (χ3v) is 3.61. The summed E-state index contributed by atoms with van der Waals surface area (Å²) >= 11 is 0. The van der Waals surface area contributed by atoms with E-state index < -0.39 is 0 Å². The maximum absolute atomic E-state index is 11.4. The summed E-state index contributed by atoms with van der Waals surface area (Å²) < 4.78 is 0. The van der Waals surface area contributed by atoms with Crippen molar-refractivity contribution in [3.05, 3.63) is 39.0 Å². The maximum Gasteiger partial charge on any atom is 0.258 e. The second-order valence-electron chi connectivity index (χ2n) is 4.96. The molecule has 0 radical (unpaired) electrons. The van der Waals surface area contributed by atoms with Crippen LogP contribution in [0.5, 0.6) is 0 Å². The van der Waals surface area contributed by atoms with Gasteiger partial charge in [0, 0.05) is 6.20 Å². The highest BCUT2D eigenvalue weighted by atomic mass is 16.6. The molecule has 1 aromatic rings. The number of nitrogens with zero attached hydrogens (tertiary/aromatic N) is 2. The quantitative estimate of drug-likeness (QED) is 0.650. The van der Waals surface area contributed by atoms with Crippen LogP contribution in [0.4, 0.5) is 0 Å². The summed E-state index contributed by atoms with van der Waals surface area (Å²) in [6, 6.07) is 3.35. The Morgan fingerprint density at radius 3 is 2.68 bits per heavy atom. The van der Waals surface area contributed by atoms with Crippen molar-refractivity contribution >= 4 is 11.5 Å². The highest BCUT2D eigenvalue weighted by Crippen LogP contribution is 2.29. The molecule has 0 saturated heterocycles. The van der Waals surface area contributed by atoms with Crippen molar-refractivity contribution in [3.63, 3.8) is 0 Å². The molecule has 5 heteroatoms. The standard InChI is InChI=1S/C14H18N2O3/c1-10(17)13-12(8-5-9-15-13)14(16(18)19)11-6-3-2-4-7-11/h5,8-9,11,17H,2-4,6-7H2,1H3/b13-10-,14-12+. The van der Waals surface area contributed by atoms with E-state index in [1.54, 1.807) is 12.1 Å². The van der Waals surface area contributed by atoms with E-state index in [2.05, 4.69) is 4.98 Å². The second kappa shape index (κ2) is 5.82. The largest absolute Gasteiger partial charge is 0.510 e. The predicted octanol–water partition coefficient (Wildman–Crippen LogP) is 1.73. The molecule has 1 aliphatic rings. The summed E-state index contributed by atoms with van der Waals surface area (Å²) in [5.41, 5.74) is 0.205. The first kappa shape index (κ1) is 13.5. The lowest BCUT2D eigenvalue weighted by molar-refractivity contribution is -0.387. The van der Waals surface area contributed by atoms with Gasteiger partial charge in [0.05, 0.1) is 16.1 Å². The van der Waals surface area contributed by atoms with Crippen LogP contribution in [0.25, 0.3) is 11.5 Å². The molecular weight excluding hydrogens is 244 g/mol. The van der Waals surface area contributed by atoms with E-state index in [0.717, 1.165) is 32.1 Å². The Kier molecular flexibility index (Phi) is 4.14. The van der Waals surface area contributed by atoms with E-state index in [9.17, 15) is 15.2 Å². The predicted molar refractivity (Wildman–Crippen MR) is 72.2 cm³/mol. The fourth-order valence-electron chi connectivity index (χ4n) is 2.74. The number of aliphatic hydroxyl groups excluding tert-OH is 1. The Hall–Kier alpha value is -1.91. The average molecular weight is 262 g/mol. The Balaban J connectivity index is 2.70. The molecule has 1 aromatic heterocycles. The van der Waals surface area contributed by atoms with Crippen LogP contribution in [0.3, 0.4) is 0 Å². The van der Waals surface area contributed by atoms with Gasteiger partial charge in [-0.2, -0.15) is 0 Å². The van der Waals surface area contributed by atoms with Crippen LogP contribution >= 0.6 is 0 Å². The first-order valence-electron chi connectivity index (χ1n) is 6.60. The molecule has 0 aliphatic heterocycles. The zero-order valence-corrected chi connectivity index (χ0v) is 11.0. The molecule has 0 atom stereocenters. The zero-order chi connectivity index (χ0) is 13.8. The molecule has 0 amide bonds. The topological polar surface area (TPSA) is 76.3 Å². The second-order valence-corrected chi connectivity index (χ2v) is 4.96. The number of nitro groups is 1. The molecule has 102 valence electrons. The molecule has 1 fully saturated rings. The van der Waals surface area contributed by atoms with E-state index in [0.29, 0.717) is 10.6 Å². The number of aromatic nitrogens is 1. The average Bonchev–Trinajstić information content (AvgIpc) is 2.40. The molecule has 1 heterocycles. The lowest BCUT2D eigenvalue weighted by Crippen LogP contribution is -2.36. The molecule has 0 aromatic carbocycles. The SMILES string of the molecule is C/C(O)=c1/nccc/c1=C(/C1CCCCC1)[N+](=O)[O-]. The van der Waals surface area contributed by atoms with Crippen molar-refractivity contribution in [3.8, 4) is 0 Å². The molecule has 1 saturated carbocycles. The minimum absolute atomic E-state index is 0.0192. The number of pyridine rings is 1. The molecule has 0 unspecified atom stereocenters. The Morgan fingerprint density at radius 1 is 1.42 bits per heavy atom. The van der Waals surface area contributed by atoms with E-state index in [1.165, 1.54) is 13.1 Å². The van der Waals surface area contributed by atoms with Crippen LogP contribution in [0.1, 0.15) is 39.0 Å². The van der Waals surface area contributed by atoms with E-state index >= 15 is 0 Å². The van der Waals surface area contributed by atoms with E-state index in [1.807, 2.05) is 0 Å². The van der Waals surface area contributed by atoms with Crippen LogP contribution < -0.4 is 10.6 Å². The van der Waals surface area contributed by atoms with Gasteiger partial charge in [-0.05, 0) is 31.9 Å². The van der Waals surface area contributed by atoms with Gasteiger partial charge in [-0.3, -0.25) is 15.1 Å². The summed E-state index contributed by atoms with van der Waals surface area (Å²) in [6.07, 6.45) is 6.42. The zero-order valence-electron chi connectivity index (χ0n) is 11.0. The highest BCUT2D eigenvalue weighted by molar-refractivity contribution is 5.41. The van der Waals surface area contributed by atoms with Gasteiger partial charge < -0.3 is 5.11 Å². The monoisotopic (exact) mass is 262 g/mol. The smallest absolute Gasteiger partial charge is 0.258 e. The maximum atomic E-state index is 11.4. The van der Waals surface area contributed by atoms with Gasteiger partial charge in [-0.1, -0.05) is 19.3 Å². The summed E-state index contributed by atoms with van der Waals surface area (Å²) in [5, 5.41) is 21.9. The van der Waals surface area contributed by atoms with Crippen molar-refractivity contribution in [2.24, 2.45) is 5.92 Å². The minimum atomic E-state index is -0.306. The van der Waals surface area contributed by atoms with Crippen LogP contribution in [0, 0.1) is 16.0 Å². The Labute approximate surface area is 111 Å². The van der Waals surface area contributed by atoms with Crippen molar-refractivity contribution in [2.45, 2.75) is 39.0 Å². The fraction of sp³-hybridized carbons (Fsp3) is 0.500. The molecule has 19 heavy (non-hydrogen) atoms. The molecular formula is C14H18N2O3. The Morgan fingerprint density at radius 2 is 2.11 bits per heavy atom. The van der Waals surface area contributed by atoms with Crippen molar-refractivity contribution < 1.29 is 10.0 Å². The van der Waals surface area contributed by atoms with Crippen molar-refractivity contribution in [2.75, 3.05) is 0 Å². The molecule has 1 N–H and O–H groups in total. The van der Waals surface area contributed by atoms with Gasteiger partial charge >= 0.3 is 0 Å². The molecule has 1 aliphatic carbocycles. The Bertz CT molecular complexity index is 585. The first-order chi connectivity index (χ1) is 9.11. The third kappa shape index (κ3) is 2.92. The van der Waals surface area contributed by atoms with Crippen molar-refractivity contribution in [1.82, 2.24) is 4.98 Å². The van der Waals surface area contributed by atoms with E-state index in [-0.39, 0.29) is 22.3 Å². The summed E-state index contributed by atoms with van der Waals surface area (Å²) in [5.74, 6) is -0.0168. The molecule has 5 nitrogen and oxygen atoms in total. The fourth-order valence-corrected chi connectivity index (χ4v) is 2.74. The number of hydrogen-bond donors (Lipinski definition) is 1. The first-order valence-corrected chi connectivity index (χ1v) is 6.60. The molecule has 0 spiro atoms. The molecule has 2 rings (SSSR count). The van der Waals surface area contributed by atoms with Crippen molar-refractivity contribution in [1.29, 1.82) is 0 Å². The number of rotatable bonds is 2. The summed E-state index contributed by atoms with van der Waals surface area (Å²) in [6.45, 7) is 1.50. The normalized spacial score (nSPS) is 19.8. The van der Waals surface area contributed by atoms with Gasteiger partial charge in [0.25, 0.3) is 5.70 Å². The van der Waals surface area contributed by atoms with Crippen LogP contribution in [0.2, 0.25) is 0 Å². The summed E-state index contributed by atoms with van der Waals surface area (Å²) in [4.78, 5) is 15.2. The third-order valence-electron chi connectivity index (χ3n) is 3.61. The van der Waals surface area contributed by atoms with Gasteiger partial charge in [-0.15, -0.1) is 0 Å². The minimum Gasteiger partial charge on any atom is -0.510 e. The van der Waals surface area contributed by atoms with Crippen LogP contribution in [-0.4, -0.2) is 15.0 Å². The number of aliphatic hydroxyl groups is 1. The van der Waals surface area contributed by atoms with Crippen LogP contribution in [0.15, 0.2) is 18.3 Å². The van der Waals surface area contributed by atoms with E-state index in [4.69, 9.17) is 0 Å². The number of hydrogen-bond acceptors (Lipinski definition) is 4. The molecule has 0 bridgehead atoms. The lowest BCUT2D eigenvalue weighted by atomic mass is 9.86. The van der Waals surface area contributed by atoms with Gasteiger partial charge in [0.15, 0.2) is 0 Å². The van der Waals surface area contributed by atoms with Gasteiger partial charge in [0.1, 0.15) is 11.1 Å². The van der Waals surface area contributed by atoms with Gasteiger partial charge in [-0.25, -0.2) is 0 Å². The lowest BCUT2D eigenvalue weighted by Gasteiger charge is -2.19. The highest BCUT2D eigenvalue weighted by Gasteiger charge is 2.27. The summed E-state index contributed by atoms with van der Waals surface area (Å²) in [7, 11) is 0. The van der Waals surface area contributed by atoms with Gasteiger partial charge in [0.2, 0.25) is 0 Å². The van der Waals surface area contributed by atoms with Crippen LogP contribution in [-0.2, 0) is 0 Å².